The number of fused-ring (bicyclic) bond motifs is 3. The molecule has 1 aliphatic rings. The molecule has 0 aliphatic heterocycles. The smallest absolute Gasteiger partial charge is 0.0552 e. The molecule has 1 aliphatic carbocycles. The van der Waals surface area contributed by atoms with E-state index in [0.717, 1.165) is 5.70 Å². The van der Waals surface area contributed by atoms with E-state index in [4.69, 9.17) is 0 Å². The normalized spacial score (nSPS) is 13.3. The number of para-hydroxylation sites is 1. The minimum absolute atomic E-state index is 1.12. The molecule has 2 aromatic carbocycles. The maximum atomic E-state index is 3.04. The minimum Gasteiger partial charge on any atom is -0.309 e. The summed E-state index contributed by atoms with van der Waals surface area (Å²) in [7, 11) is 0. The van der Waals surface area contributed by atoms with Gasteiger partial charge in [-0.3, -0.25) is 0 Å². The maximum absolute atomic E-state index is 3.04. The fourth-order valence-electron chi connectivity index (χ4n) is 2.84. The molecule has 0 saturated heterocycles. The van der Waals surface area contributed by atoms with Gasteiger partial charge in [-0.15, -0.1) is 0 Å². The summed E-state index contributed by atoms with van der Waals surface area (Å²) < 4.78 is 2.29. The molecule has 0 N–H and O–H groups in total. The van der Waals surface area contributed by atoms with Crippen molar-refractivity contribution < 1.29 is 0 Å². The van der Waals surface area contributed by atoms with E-state index in [1.54, 1.807) is 0 Å². The monoisotopic (exact) mass is 255 g/mol. The van der Waals surface area contributed by atoms with E-state index in [9.17, 15) is 0 Å². The van der Waals surface area contributed by atoms with E-state index >= 15 is 0 Å². The lowest BCUT2D eigenvalue weighted by Crippen LogP contribution is -1.94. The van der Waals surface area contributed by atoms with E-state index in [1.165, 1.54) is 27.4 Å². The molecule has 0 amide bonds. The molecular weight excluding hydrogens is 242 g/mol. The molecule has 0 radical (unpaired) electrons. The van der Waals surface area contributed by atoms with Gasteiger partial charge in [0.25, 0.3) is 0 Å². The molecule has 3 aromatic rings. The van der Waals surface area contributed by atoms with Gasteiger partial charge >= 0.3 is 0 Å². The van der Waals surface area contributed by atoms with E-state index in [0.29, 0.717) is 0 Å². The van der Waals surface area contributed by atoms with Crippen molar-refractivity contribution in [3.63, 3.8) is 0 Å². The third kappa shape index (κ3) is 1.52. The fourth-order valence-corrected chi connectivity index (χ4v) is 2.84. The van der Waals surface area contributed by atoms with Gasteiger partial charge in [0.1, 0.15) is 0 Å². The summed E-state index contributed by atoms with van der Waals surface area (Å²) in [6.07, 6.45) is 5.96. The van der Waals surface area contributed by atoms with Gasteiger partial charge in [0.05, 0.1) is 16.7 Å². The number of aromatic nitrogens is 1. The third-order valence-corrected chi connectivity index (χ3v) is 3.73. The van der Waals surface area contributed by atoms with Gasteiger partial charge in [-0.2, -0.15) is 0 Å². The average Bonchev–Trinajstić information content (AvgIpc) is 2.82. The summed E-state index contributed by atoms with van der Waals surface area (Å²) in [4.78, 5) is 0. The molecule has 4 rings (SSSR count). The van der Waals surface area contributed by atoms with Crippen LogP contribution >= 0.6 is 0 Å². The maximum Gasteiger partial charge on any atom is 0.0552 e. The van der Waals surface area contributed by atoms with Crippen LogP contribution in [0.15, 0.2) is 72.2 Å². The number of hydrogen-bond donors (Lipinski definition) is 0. The predicted octanol–water partition coefficient (Wildman–Crippen LogP) is 4.82. The minimum atomic E-state index is 1.12. The number of hydrogen-bond acceptors (Lipinski definition) is 0. The largest absolute Gasteiger partial charge is 0.309 e. The Labute approximate surface area is 117 Å². The van der Waals surface area contributed by atoms with Gasteiger partial charge in [-0.1, -0.05) is 41.3 Å². The number of allylic oxidation sites excluding steroid dienone is 4. The second-order valence-electron chi connectivity index (χ2n) is 5.06. The van der Waals surface area contributed by atoms with Gasteiger partial charge in [0.2, 0.25) is 0 Å². The van der Waals surface area contributed by atoms with Crippen LogP contribution in [0, 0.1) is 6.92 Å². The van der Waals surface area contributed by atoms with Crippen LogP contribution in [-0.4, -0.2) is 4.57 Å². The molecule has 0 saturated carbocycles. The SMILES string of the molecule is Cc1ccc2c(c1)c1ccccc1n2C1=CC=C=C=C1. The standard InChI is InChI=1S/C19H13N/c1-14-11-12-19-17(13-14)16-9-5-6-10-18(16)20(19)15-7-3-2-4-8-15/h3,5-13H,1H3. The van der Waals surface area contributed by atoms with Crippen LogP contribution in [0.3, 0.4) is 0 Å². The van der Waals surface area contributed by atoms with Gasteiger partial charge in [0.15, 0.2) is 0 Å². The lowest BCUT2D eigenvalue weighted by atomic mass is 10.1. The molecule has 94 valence electrons. The fraction of sp³-hybridized carbons (Fsp3) is 0.0526. The highest BCUT2D eigenvalue weighted by Crippen LogP contribution is 2.32. The first-order valence-corrected chi connectivity index (χ1v) is 6.72. The van der Waals surface area contributed by atoms with Gasteiger partial charge in [-0.05, 0) is 37.3 Å². The van der Waals surface area contributed by atoms with E-state index in [1.807, 2.05) is 12.2 Å². The van der Waals surface area contributed by atoms with Crippen molar-refractivity contribution in [2.45, 2.75) is 6.92 Å². The first-order valence-electron chi connectivity index (χ1n) is 6.72. The quantitative estimate of drug-likeness (QED) is 0.549. The van der Waals surface area contributed by atoms with Crippen molar-refractivity contribution in [2.75, 3.05) is 0 Å². The summed E-state index contributed by atoms with van der Waals surface area (Å²) in [5.74, 6) is 0. The van der Waals surface area contributed by atoms with Crippen molar-refractivity contribution in [3.05, 3.63) is 77.7 Å². The van der Waals surface area contributed by atoms with Crippen LogP contribution in [0.25, 0.3) is 27.5 Å². The third-order valence-electron chi connectivity index (χ3n) is 3.73. The Morgan fingerprint density at radius 3 is 2.60 bits per heavy atom. The Balaban J connectivity index is 2.20. The van der Waals surface area contributed by atoms with Crippen molar-refractivity contribution in [1.82, 2.24) is 4.57 Å². The summed E-state index contributed by atoms with van der Waals surface area (Å²) in [5, 5.41) is 2.59. The Bertz CT molecular complexity index is 970. The van der Waals surface area contributed by atoms with Crippen LogP contribution in [0.1, 0.15) is 5.56 Å². The number of benzene rings is 2. The van der Waals surface area contributed by atoms with Gasteiger partial charge < -0.3 is 4.57 Å². The van der Waals surface area contributed by atoms with Crippen molar-refractivity contribution >= 4 is 27.5 Å². The topological polar surface area (TPSA) is 4.93 Å². The van der Waals surface area contributed by atoms with E-state index in [2.05, 4.69) is 71.5 Å². The number of aryl methyl sites for hydroxylation is 1. The average molecular weight is 255 g/mol. The molecule has 1 heteroatoms. The zero-order valence-corrected chi connectivity index (χ0v) is 11.2. The Kier molecular flexibility index (Phi) is 2.31. The molecule has 0 spiro atoms. The highest BCUT2D eigenvalue weighted by atomic mass is 15.0. The molecule has 0 bridgehead atoms. The predicted molar refractivity (Wildman–Crippen MR) is 84.6 cm³/mol. The van der Waals surface area contributed by atoms with Gasteiger partial charge in [0, 0.05) is 16.8 Å². The number of nitrogens with zero attached hydrogens (tertiary/aromatic N) is 1. The lowest BCUT2D eigenvalue weighted by molar-refractivity contribution is 1.23. The van der Waals surface area contributed by atoms with Crippen LogP contribution < -0.4 is 0 Å². The zero-order valence-electron chi connectivity index (χ0n) is 11.2. The molecular formula is C19H13N. The molecule has 0 fully saturated rings. The summed E-state index contributed by atoms with van der Waals surface area (Å²) in [6.45, 7) is 2.14. The zero-order chi connectivity index (χ0) is 13.5. The highest BCUT2D eigenvalue weighted by Gasteiger charge is 2.12. The molecule has 1 heterocycles. The molecule has 0 atom stereocenters. The first kappa shape index (κ1) is 11.1. The Morgan fingerprint density at radius 1 is 0.900 bits per heavy atom. The second-order valence-corrected chi connectivity index (χ2v) is 5.06. The van der Waals surface area contributed by atoms with E-state index in [-0.39, 0.29) is 0 Å². The lowest BCUT2D eigenvalue weighted by Gasteiger charge is -2.08. The molecule has 1 nitrogen and oxygen atoms in total. The van der Waals surface area contributed by atoms with Crippen LogP contribution in [0.5, 0.6) is 0 Å². The van der Waals surface area contributed by atoms with Crippen molar-refractivity contribution in [3.8, 4) is 0 Å². The van der Waals surface area contributed by atoms with Crippen molar-refractivity contribution in [1.29, 1.82) is 0 Å². The first-order chi connectivity index (χ1) is 9.84. The summed E-state index contributed by atoms with van der Waals surface area (Å²) >= 11 is 0. The van der Waals surface area contributed by atoms with E-state index < -0.39 is 0 Å². The second kappa shape index (κ2) is 4.15. The number of rotatable bonds is 1. The molecule has 20 heavy (non-hydrogen) atoms. The van der Waals surface area contributed by atoms with Crippen LogP contribution in [0.4, 0.5) is 0 Å². The van der Waals surface area contributed by atoms with Crippen LogP contribution in [0.2, 0.25) is 0 Å². The Hall–Kier alpha value is -2.72. The summed E-state index contributed by atoms with van der Waals surface area (Å²) in [5.41, 5.74) is 10.9. The summed E-state index contributed by atoms with van der Waals surface area (Å²) in [6, 6.07) is 15.2. The Morgan fingerprint density at radius 2 is 1.75 bits per heavy atom. The highest BCUT2D eigenvalue weighted by molar-refractivity contribution is 6.10. The molecule has 1 aromatic heterocycles. The molecule has 0 unspecified atom stereocenters. The van der Waals surface area contributed by atoms with Crippen molar-refractivity contribution in [2.24, 2.45) is 0 Å². The van der Waals surface area contributed by atoms with Crippen LogP contribution in [-0.2, 0) is 0 Å². The van der Waals surface area contributed by atoms with Gasteiger partial charge in [-0.25, -0.2) is 0 Å².